The van der Waals surface area contributed by atoms with Gasteiger partial charge in [0.2, 0.25) is 0 Å². The summed E-state index contributed by atoms with van der Waals surface area (Å²) < 4.78 is 11.3. The fraction of sp³-hybridized carbons (Fsp3) is 0.684. The highest BCUT2D eigenvalue weighted by Gasteiger charge is 2.20. The third kappa shape index (κ3) is 4.85. The zero-order chi connectivity index (χ0) is 16.8. The summed E-state index contributed by atoms with van der Waals surface area (Å²) in [5, 5.41) is 10.3. The lowest BCUT2D eigenvalue weighted by molar-refractivity contribution is 0.00469. The molecule has 134 valence electrons. The third-order valence-corrected chi connectivity index (χ3v) is 4.87. The van der Waals surface area contributed by atoms with Gasteiger partial charge in [0.05, 0.1) is 18.9 Å². The van der Waals surface area contributed by atoms with E-state index in [0.717, 1.165) is 56.7 Å². The second kappa shape index (κ2) is 8.70. The number of anilines is 1. The zero-order valence-corrected chi connectivity index (χ0v) is 14.7. The van der Waals surface area contributed by atoms with Gasteiger partial charge in [0, 0.05) is 32.7 Å². The van der Waals surface area contributed by atoms with Gasteiger partial charge in [-0.2, -0.15) is 0 Å². The predicted octanol–water partition coefficient (Wildman–Crippen LogP) is 1.99. The molecule has 1 aromatic carbocycles. The SMILES string of the molecule is C[C@@H]1CCCN(c2ccccc2OC[C@@H](O)CN2CCOCC2)C1. The number of aliphatic hydroxyl groups is 1. The summed E-state index contributed by atoms with van der Waals surface area (Å²) in [6, 6.07) is 8.20. The Hall–Kier alpha value is -1.30. The molecule has 2 aliphatic heterocycles. The van der Waals surface area contributed by atoms with Crippen LogP contribution < -0.4 is 9.64 Å². The second-order valence-corrected chi connectivity index (χ2v) is 7.04. The highest BCUT2D eigenvalue weighted by Crippen LogP contribution is 2.31. The van der Waals surface area contributed by atoms with Crippen molar-refractivity contribution in [2.24, 2.45) is 5.92 Å². The van der Waals surface area contributed by atoms with E-state index < -0.39 is 6.10 Å². The minimum atomic E-state index is -0.476. The van der Waals surface area contributed by atoms with E-state index in [9.17, 15) is 5.11 Å². The Morgan fingerprint density at radius 2 is 2.04 bits per heavy atom. The van der Waals surface area contributed by atoms with Gasteiger partial charge in [0.25, 0.3) is 0 Å². The number of rotatable bonds is 6. The van der Waals surface area contributed by atoms with Crippen molar-refractivity contribution < 1.29 is 14.6 Å². The summed E-state index contributed by atoms with van der Waals surface area (Å²) in [6.07, 6.45) is 2.06. The van der Waals surface area contributed by atoms with E-state index in [-0.39, 0.29) is 0 Å². The minimum absolute atomic E-state index is 0.331. The van der Waals surface area contributed by atoms with Crippen molar-refractivity contribution in [3.05, 3.63) is 24.3 Å². The van der Waals surface area contributed by atoms with Gasteiger partial charge in [-0.05, 0) is 30.9 Å². The highest BCUT2D eigenvalue weighted by molar-refractivity contribution is 5.58. The average Bonchev–Trinajstić information content (AvgIpc) is 2.61. The molecule has 0 spiro atoms. The molecule has 1 N–H and O–H groups in total. The van der Waals surface area contributed by atoms with E-state index in [4.69, 9.17) is 9.47 Å². The summed E-state index contributed by atoms with van der Waals surface area (Å²) >= 11 is 0. The van der Waals surface area contributed by atoms with Crippen LogP contribution in [0, 0.1) is 5.92 Å². The van der Waals surface area contributed by atoms with Crippen molar-refractivity contribution in [3.8, 4) is 5.75 Å². The van der Waals surface area contributed by atoms with Crippen LogP contribution in [0.4, 0.5) is 5.69 Å². The van der Waals surface area contributed by atoms with Crippen LogP contribution in [0.25, 0.3) is 0 Å². The number of piperidine rings is 1. The molecular formula is C19H30N2O3. The average molecular weight is 334 g/mol. The summed E-state index contributed by atoms with van der Waals surface area (Å²) in [4.78, 5) is 4.65. The molecule has 0 amide bonds. The molecule has 0 unspecified atom stereocenters. The maximum absolute atomic E-state index is 10.3. The normalized spacial score (nSPS) is 23.9. The number of benzene rings is 1. The standard InChI is InChI=1S/C19H30N2O3/c1-16-5-4-8-21(13-16)18-6-2-3-7-19(18)24-15-17(22)14-20-9-11-23-12-10-20/h2-3,6-7,16-17,22H,4-5,8-15H2,1H3/t16-,17+/m1/s1. The Kier molecular flexibility index (Phi) is 6.35. The number of morpholine rings is 1. The van der Waals surface area contributed by atoms with Gasteiger partial charge in [-0.1, -0.05) is 19.1 Å². The van der Waals surface area contributed by atoms with E-state index in [2.05, 4.69) is 28.9 Å². The molecule has 24 heavy (non-hydrogen) atoms. The van der Waals surface area contributed by atoms with Gasteiger partial charge < -0.3 is 19.5 Å². The molecule has 0 saturated carbocycles. The number of β-amino-alcohol motifs (C(OH)–C–C–N with tert-alkyl or cyclic N) is 1. The van der Waals surface area contributed by atoms with E-state index in [1.807, 2.05) is 12.1 Å². The molecule has 2 atom stereocenters. The Balaban J connectivity index is 1.54. The summed E-state index contributed by atoms with van der Waals surface area (Å²) in [5.41, 5.74) is 1.16. The smallest absolute Gasteiger partial charge is 0.142 e. The summed E-state index contributed by atoms with van der Waals surface area (Å²) in [5.74, 6) is 1.60. The monoisotopic (exact) mass is 334 g/mol. The molecule has 5 heteroatoms. The quantitative estimate of drug-likeness (QED) is 0.862. The topological polar surface area (TPSA) is 45.2 Å². The van der Waals surface area contributed by atoms with Crippen molar-refractivity contribution in [3.63, 3.8) is 0 Å². The number of nitrogens with zero attached hydrogens (tertiary/aromatic N) is 2. The van der Waals surface area contributed by atoms with E-state index in [1.54, 1.807) is 0 Å². The van der Waals surface area contributed by atoms with Crippen LogP contribution in [0.2, 0.25) is 0 Å². The number of para-hydroxylation sites is 2. The lowest BCUT2D eigenvalue weighted by Crippen LogP contribution is -2.42. The minimum Gasteiger partial charge on any atom is -0.489 e. The fourth-order valence-corrected chi connectivity index (χ4v) is 3.57. The molecule has 0 aliphatic carbocycles. The Labute approximate surface area is 145 Å². The number of aliphatic hydroxyl groups excluding tert-OH is 1. The van der Waals surface area contributed by atoms with Crippen LogP contribution in [-0.2, 0) is 4.74 Å². The van der Waals surface area contributed by atoms with Crippen LogP contribution in [0.3, 0.4) is 0 Å². The molecule has 2 heterocycles. The van der Waals surface area contributed by atoms with Crippen LogP contribution in [0.5, 0.6) is 5.75 Å². The first-order chi connectivity index (χ1) is 11.7. The predicted molar refractivity (Wildman–Crippen MR) is 95.8 cm³/mol. The van der Waals surface area contributed by atoms with Gasteiger partial charge in [0.1, 0.15) is 18.5 Å². The Morgan fingerprint density at radius 1 is 1.25 bits per heavy atom. The van der Waals surface area contributed by atoms with Crippen molar-refractivity contribution in [2.45, 2.75) is 25.9 Å². The lowest BCUT2D eigenvalue weighted by atomic mass is 9.99. The van der Waals surface area contributed by atoms with Crippen LogP contribution in [-0.4, -0.2) is 68.7 Å². The lowest BCUT2D eigenvalue weighted by Gasteiger charge is -2.34. The van der Waals surface area contributed by atoms with E-state index in [1.165, 1.54) is 12.8 Å². The molecule has 1 aromatic rings. The van der Waals surface area contributed by atoms with Crippen LogP contribution in [0.15, 0.2) is 24.3 Å². The molecule has 0 radical (unpaired) electrons. The van der Waals surface area contributed by atoms with Crippen molar-refractivity contribution in [1.29, 1.82) is 0 Å². The number of ether oxygens (including phenoxy) is 2. The van der Waals surface area contributed by atoms with Crippen molar-refractivity contribution >= 4 is 5.69 Å². The fourth-order valence-electron chi connectivity index (χ4n) is 3.57. The first-order valence-electron chi connectivity index (χ1n) is 9.17. The highest BCUT2D eigenvalue weighted by atomic mass is 16.5. The third-order valence-electron chi connectivity index (χ3n) is 4.87. The molecule has 0 aromatic heterocycles. The van der Waals surface area contributed by atoms with Crippen molar-refractivity contribution in [2.75, 3.05) is 57.4 Å². The zero-order valence-electron chi connectivity index (χ0n) is 14.7. The summed E-state index contributed by atoms with van der Waals surface area (Å²) in [6.45, 7) is 8.73. The van der Waals surface area contributed by atoms with Gasteiger partial charge in [-0.25, -0.2) is 0 Å². The molecule has 2 saturated heterocycles. The molecular weight excluding hydrogens is 304 g/mol. The first kappa shape index (κ1) is 17.5. The van der Waals surface area contributed by atoms with Gasteiger partial charge >= 0.3 is 0 Å². The van der Waals surface area contributed by atoms with Gasteiger partial charge in [-0.15, -0.1) is 0 Å². The van der Waals surface area contributed by atoms with Crippen molar-refractivity contribution in [1.82, 2.24) is 4.90 Å². The Morgan fingerprint density at radius 3 is 2.83 bits per heavy atom. The first-order valence-corrected chi connectivity index (χ1v) is 9.17. The molecule has 5 nitrogen and oxygen atoms in total. The second-order valence-electron chi connectivity index (χ2n) is 7.04. The largest absolute Gasteiger partial charge is 0.489 e. The van der Waals surface area contributed by atoms with Gasteiger partial charge in [0.15, 0.2) is 0 Å². The molecule has 3 rings (SSSR count). The maximum atomic E-state index is 10.3. The maximum Gasteiger partial charge on any atom is 0.142 e. The van der Waals surface area contributed by atoms with E-state index >= 15 is 0 Å². The number of hydrogen-bond acceptors (Lipinski definition) is 5. The van der Waals surface area contributed by atoms with Crippen LogP contribution >= 0.6 is 0 Å². The molecule has 2 aliphatic rings. The summed E-state index contributed by atoms with van der Waals surface area (Å²) in [7, 11) is 0. The van der Waals surface area contributed by atoms with Gasteiger partial charge in [-0.3, -0.25) is 4.90 Å². The Bertz CT molecular complexity index is 505. The van der Waals surface area contributed by atoms with Crippen LogP contribution in [0.1, 0.15) is 19.8 Å². The number of hydrogen-bond donors (Lipinski definition) is 1. The molecule has 0 bridgehead atoms. The molecule has 2 fully saturated rings. The van der Waals surface area contributed by atoms with E-state index in [0.29, 0.717) is 13.2 Å².